The quantitative estimate of drug-likeness (QED) is 0.185. The Morgan fingerprint density at radius 1 is 0.725 bits per heavy atom. The fourth-order valence-electron chi connectivity index (χ4n) is 5.07. The summed E-state index contributed by atoms with van der Waals surface area (Å²) in [6, 6.07) is 26.1. The number of benzene rings is 2. The van der Waals surface area contributed by atoms with E-state index in [1.54, 1.807) is 18.6 Å². The number of hydrogen-bond donors (Lipinski definition) is 4. The van der Waals surface area contributed by atoms with Gasteiger partial charge in [-0.15, -0.1) is 0 Å². The van der Waals surface area contributed by atoms with Gasteiger partial charge < -0.3 is 15.4 Å². The maximum Gasteiger partial charge on any atom is 0.128 e. The van der Waals surface area contributed by atoms with E-state index in [4.69, 9.17) is 0 Å². The van der Waals surface area contributed by atoms with Crippen molar-refractivity contribution in [1.82, 2.24) is 30.1 Å². The summed E-state index contributed by atoms with van der Waals surface area (Å²) in [7, 11) is 0. The van der Waals surface area contributed by atoms with Crippen LogP contribution >= 0.6 is 0 Å². The number of aliphatic hydroxyl groups excluding tert-OH is 1. The number of H-pyrrole nitrogens is 2. The first-order valence-corrected chi connectivity index (χ1v) is 13.0. The molecule has 0 bridgehead atoms. The predicted octanol–water partition coefficient (Wildman–Crippen LogP) is 6.20. The Bertz CT molecular complexity index is 1930. The molecule has 0 amide bonds. The first-order chi connectivity index (χ1) is 19.7. The predicted molar refractivity (Wildman–Crippen MR) is 157 cm³/mol. The van der Waals surface area contributed by atoms with Crippen LogP contribution in [0.2, 0.25) is 0 Å². The summed E-state index contributed by atoms with van der Waals surface area (Å²) in [5.41, 5.74) is 9.21. The summed E-state index contributed by atoms with van der Waals surface area (Å²) in [4.78, 5) is 16.8. The van der Waals surface area contributed by atoms with Crippen molar-refractivity contribution in [2.75, 3.05) is 5.32 Å². The Morgan fingerprint density at radius 2 is 1.60 bits per heavy atom. The molecule has 194 valence electrons. The summed E-state index contributed by atoms with van der Waals surface area (Å²) in [5, 5.41) is 23.5. The second-order valence-corrected chi connectivity index (χ2v) is 9.69. The third-order valence-electron chi connectivity index (χ3n) is 6.98. The van der Waals surface area contributed by atoms with Crippen LogP contribution in [0.25, 0.3) is 55.6 Å². The number of anilines is 1. The highest BCUT2D eigenvalue weighted by molar-refractivity contribution is 6.00. The molecule has 0 radical (unpaired) electrons. The van der Waals surface area contributed by atoms with Gasteiger partial charge in [0.15, 0.2) is 0 Å². The van der Waals surface area contributed by atoms with E-state index in [-0.39, 0.29) is 0 Å². The molecule has 5 heterocycles. The topological polar surface area (TPSA) is 115 Å². The molecule has 0 spiro atoms. The van der Waals surface area contributed by atoms with E-state index in [0.29, 0.717) is 6.42 Å². The maximum absolute atomic E-state index is 10.6. The van der Waals surface area contributed by atoms with Crippen LogP contribution in [0.5, 0.6) is 0 Å². The summed E-state index contributed by atoms with van der Waals surface area (Å²) in [6.07, 6.45) is 8.70. The number of aromatic nitrogens is 6. The highest BCUT2D eigenvalue weighted by Crippen LogP contribution is 2.34. The number of hydrogen-bond acceptors (Lipinski definition) is 6. The fraction of sp³-hybridized carbons (Fsp3) is 0.0625. The lowest BCUT2D eigenvalue weighted by Crippen LogP contribution is -2.21. The SMILES string of the molecule is OC(Cc1ccccc1)Nc1cncc(-c2ccc3[nH]nc(-c4cc5c(-c6cccnc6)nccc5[nH]4)c3c2)c1. The Kier molecular flexibility index (Phi) is 5.99. The molecule has 2 aromatic carbocycles. The molecule has 40 heavy (non-hydrogen) atoms. The molecule has 1 unspecified atom stereocenters. The Balaban J connectivity index is 1.21. The maximum atomic E-state index is 10.6. The van der Waals surface area contributed by atoms with Gasteiger partial charge in [0.25, 0.3) is 0 Å². The second kappa shape index (κ2) is 10.1. The molecule has 0 saturated heterocycles. The number of nitrogens with one attached hydrogen (secondary N) is 3. The molecule has 7 rings (SSSR count). The lowest BCUT2D eigenvalue weighted by molar-refractivity contribution is 0.204. The van der Waals surface area contributed by atoms with Crippen LogP contribution in [0, 0.1) is 0 Å². The van der Waals surface area contributed by atoms with Gasteiger partial charge in [0.2, 0.25) is 0 Å². The van der Waals surface area contributed by atoms with E-state index in [9.17, 15) is 5.11 Å². The average molecular weight is 524 g/mol. The molecule has 7 aromatic rings. The minimum atomic E-state index is -0.726. The summed E-state index contributed by atoms with van der Waals surface area (Å²) < 4.78 is 0. The molecule has 0 aliphatic heterocycles. The van der Waals surface area contributed by atoms with Gasteiger partial charge in [-0.3, -0.25) is 20.1 Å². The van der Waals surface area contributed by atoms with Crippen LogP contribution in [-0.4, -0.2) is 41.5 Å². The first-order valence-electron chi connectivity index (χ1n) is 13.0. The van der Waals surface area contributed by atoms with Crippen molar-refractivity contribution in [2.24, 2.45) is 0 Å². The summed E-state index contributed by atoms with van der Waals surface area (Å²) in [6.45, 7) is 0. The number of fused-ring (bicyclic) bond motifs is 2. The van der Waals surface area contributed by atoms with Crippen LogP contribution in [0.4, 0.5) is 5.69 Å². The summed E-state index contributed by atoms with van der Waals surface area (Å²) >= 11 is 0. The Hall–Kier alpha value is -5.34. The van der Waals surface area contributed by atoms with Gasteiger partial charge in [0.05, 0.1) is 28.8 Å². The third-order valence-corrected chi connectivity index (χ3v) is 6.98. The molecule has 1 atom stereocenters. The highest BCUT2D eigenvalue weighted by atomic mass is 16.3. The van der Waals surface area contributed by atoms with Crippen molar-refractivity contribution in [1.29, 1.82) is 0 Å². The van der Waals surface area contributed by atoms with Crippen molar-refractivity contribution in [3.05, 3.63) is 115 Å². The third kappa shape index (κ3) is 4.57. The minimum absolute atomic E-state index is 0.498. The number of aromatic amines is 2. The molecule has 4 N–H and O–H groups in total. The van der Waals surface area contributed by atoms with Crippen molar-refractivity contribution in [2.45, 2.75) is 12.6 Å². The smallest absolute Gasteiger partial charge is 0.128 e. The normalized spacial score (nSPS) is 12.1. The van der Waals surface area contributed by atoms with Crippen LogP contribution in [0.1, 0.15) is 5.56 Å². The minimum Gasteiger partial charge on any atom is -0.373 e. The molecule has 0 saturated carbocycles. The number of rotatable bonds is 7. The molecular weight excluding hydrogens is 498 g/mol. The van der Waals surface area contributed by atoms with Gasteiger partial charge in [-0.2, -0.15) is 5.10 Å². The van der Waals surface area contributed by atoms with Gasteiger partial charge in [0.1, 0.15) is 11.9 Å². The average Bonchev–Trinajstić information content (AvgIpc) is 3.62. The van der Waals surface area contributed by atoms with Crippen molar-refractivity contribution < 1.29 is 5.11 Å². The van der Waals surface area contributed by atoms with E-state index in [1.807, 2.05) is 79.1 Å². The van der Waals surface area contributed by atoms with Gasteiger partial charge >= 0.3 is 0 Å². The molecule has 0 aliphatic carbocycles. The molecule has 8 heteroatoms. The van der Waals surface area contributed by atoms with E-state index in [0.717, 1.165) is 66.8 Å². The van der Waals surface area contributed by atoms with Gasteiger partial charge in [0, 0.05) is 58.6 Å². The highest BCUT2D eigenvalue weighted by Gasteiger charge is 2.15. The van der Waals surface area contributed by atoms with Crippen molar-refractivity contribution in [3.8, 4) is 33.8 Å². The standard InChI is InChI=1S/C32H25N7O/c40-30(13-20-5-2-1-3-6-20)36-24-14-23(18-34-19-24)21-8-9-28-25(15-21)32(39-38-28)29-16-26-27(37-29)10-12-35-31(26)22-7-4-11-33-17-22/h1-12,14-19,30,36-37,40H,13H2,(H,38,39). The number of nitrogens with zero attached hydrogens (tertiary/aromatic N) is 4. The van der Waals surface area contributed by atoms with E-state index >= 15 is 0 Å². The zero-order valence-corrected chi connectivity index (χ0v) is 21.4. The summed E-state index contributed by atoms with van der Waals surface area (Å²) in [5.74, 6) is 0. The van der Waals surface area contributed by atoms with E-state index in [2.05, 4.69) is 47.6 Å². The van der Waals surface area contributed by atoms with Crippen molar-refractivity contribution in [3.63, 3.8) is 0 Å². The van der Waals surface area contributed by atoms with Crippen LogP contribution in [0.15, 0.2) is 110 Å². The lowest BCUT2D eigenvalue weighted by Gasteiger charge is -2.15. The molecule has 0 aliphatic rings. The van der Waals surface area contributed by atoms with E-state index in [1.165, 1.54) is 0 Å². The van der Waals surface area contributed by atoms with Crippen LogP contribution in [-0.2, 0) is 6.42 Å². The Labute approximate surface area is 229 Å². The van der Waals surface area contributed by atoms with Gasteiger partial charge in [-0.05, 0) is 53.6 Å². The second-order valence-electron chi connectivity index (χ2n) is 9.69. The van der Waals surface area contributed by atoms with Gasteiger partial charge in [-0.25, -0.2) is 0 Å². The zero-order chi connectivity index (χ0) is 26.9. The first kappa shape index (κ1) is 23.8. The number of aliphatic hydroxyl groups is 1. The molecule has 5 aromatic heterocycles. The Morgan fingerprint density at radius 3 is 2.48 bits per heavy atom. The van der Waals surface area contributed by atoms with Crippen LogP contribution < -0.4 is 5.32 Å². The van der Waals surface area contributed by atoms with Crippen LogP contribution in [0.3, 0.4) is 0 Å². The fourth-order valence-corrected chi connectivity index (χ4v) is 5.07. The van der Waals surface area contributed by atoms with Gasteiger partial charge in [-0.1, -0.05) is 36.4 Å². The molecular formula is C32H25N7O. The molecule has 0 fully saturated rings. The van der Waals surface area contributed by atoms with E-state index < -0.39 is 6.23 Å². The largest absolute Gasteiger partial charge is 0.373 e. The number of pyridine rings is 3. The zero-order valence-electron chi connectivity index (χ0n) is 21.4. The monoisotopic (exact) mass is 523 g/mol. The van der Waals surface area contributed by atoms with Crippen molar-refractivity contribution >= 4 is 27.5 Å². The lowest BCUT2D eigenvalue weighted by atomic mass is 10.0. The molecule has 8 nitrogen and oxygen atoms in total.